The molecule has 0 radical (unpaired) electrons. The number of hydrogen-bond donors (Lipinski definition) is 0. The van der Waals surface area contributed by atoms with E-state index in [4.69, 9.17) is 0 Å². The summed E-state index contributed by atoms with van der Waals surface area (Å²) in [6, 6.07) is 139. The van der Waals surface area contributed by atoms with E-state index >= 15 is 0 Å². The fraction of sp³-hybridized carbons (Fsp3) is 0.145. The molecule has 0 fully saturated rings. The molecule has 0 saturated carbocycles. The first-order valence-corrected chi connectivity index (χ1v) is 47.8. The Bertz CT molecular complexity index is 6820. The van der Waals surface area contributed by atoms with Crippen LogP contribution in [0.3, 0.4) is 0 Å². The lowest BCUT2D eigenvalue weighted by atomic mass is 9.86. The van der Waals surface area contributed by atoms with Gasteiger partial charge in [-0.15, -0.1) is 0 Å². The van der Waals surface area contributed by atoms with Gasteiger partial charge in [0.1, 0.15) is 0 Å². The Morgan fingerprint density at radius 1 is 0.176 bits per heavy atom. The van der Waals surface area contributed by atoms with Crippen molar-refractivity contribution in [2.45, 2.75) is 116 Å². The molecule has 18 aromatic rings. The third-order valence-electron chi connectivity index (χ3n) is 27.9. The fourth-order valence-electron chi connectivity index (χ4n) is 20.9. The molecule has 0 bridgehead atoms. The van der Waals surface area contributed by atoms with Gasteiger partial charge in [-0.3, -0.25) is 0 Å². The van der Waals surface area contributed by atoms with Crippen LogP contribution in [-0.4, -0.2) is 0 Å². The number of allylic oxidation sites excluding steroid dienone is 8. The first kappa shape index (κ1) is 84.6. The summed E-state index contributed by atoms with van der Waals surface area (Å²) < 4.78 is 0. The molecule has 0 heteroatoms. The zero-order chi connectivity index (χ0) is 87.7. The van der Waals surface area contributed by atoms with Gasteiger partial charge in [-0.2, -0.15) is 0 Å². The minimum absolute atomic E-state index is 0.676. The van der Waals surface area contributed by atoms with E-state index < -0.39 is 0 Å². The van der Waals surface area contributed by atoms with Gasteiger partial charge in [-0.05, 0) is 327 Å². The Labute approximate surface area is 775 Å². The van der Waals surface area contributed by atoms with Gasteiger partial charge in [0.25, 0.3) is 0 Å². The minimum Gasteiger partial charge on any atom is -0.0835 e. The van der Waals surface area contributed by atoms with Crippen molar-refractivity contribution in [3.05, 3.63) is 570 Å². The summed E-state index contributed by atoms with van der Waals surface area (Å²) in [5, 5.41) is 10.5. The molecule has 0 nitrogen and oxygen atoms in total. The normalized spacial score (nSPS) is 14.6. The fourth-order valence-corrected chi connectivity index (χ4v) is 20.9. The highest BCUT2D eigenvalue weighted by Gasteiger charge is 2.22. The zero-order valence-corrected chi connectivity index (χ0v) is 75.1. The van der Waals surface area contributed by atoms with Crippen molar-refractivity contribution in [1.82, 2.24) is 0 Å². The zero-order valence-electron chi connectivity index (χ0n) is 75.1. The molecule has 11 aliphatic rings. The quantitative estimate of drug-likeness (QED) is 0.0806. The average molecular weight is 1690 g/mol. The van der Waals surface area contributed by atoms with Crippen molar-refractivity contribution < 1.29 is 0 Å². The topological polar surface area (TPSA) is 0 Å². The van der Waals surface area contributed by atoms with Crippen LogP contribution in [0.1, 0.15) is 153 Å². The third-order valence-corrected chi connectivity index (χ3v) is 27.9. The maximum atomic E-state index is 2.48. The van der Waals surface area contributed by atoms with Crippen molar-refractivity contribution in [3.8, 4) is 22.3 Å². The maximum absolute atomic E-state index is 2.48. The lowest BCUT2D eigenvalue weighted by Gasteiger charge is -2.19. The summed E-state index contributed by atoms with van der Waals surface area (Å²) in [5.74, 6) is 0.676. The monoisotopic (exact) mass is 1680 g/mol. The van der Waals surface area contributed by atoms with Gasteiger partial charge in [0.15, 0.2) is 0 Å². The summed E-state index contributed by atoms with van der Waals surface area (Å²) in [5.41, 5.74) is 43.1. The first-order chi connectivity index (χ1) is 64.9. The predicted octanol–water partition coefficient (Wildman–Crippen LogP) is 32.6. The minimum atomic E-state index is 0.676. The van der Waals surface area contributed by atoms with E-state index in [0.29, 0.717) is 5.92 Å². The molecule has 636 valence electrons. The molecule has 0 N–H and O–H groups in total. The average Bonchev–Trinajstić information content (AvgIpc) is 1.77. The second-order valence-corrected chi connectivity index (χ2v) is 36.2. The molecule has 0 amide bonds. The van der Waals surface area contributed by atoms with Gasteiger partial charge < -0.3 is 0 Å². The number of fused-ring (bicyclic) bond motifs is 22. The predicted molar refractivity (Wildman–Crippen MR) is 560 cm³/mol. The summed E-state index contributed by atoms with van der Waals surface area (Å²) in [6.45, 7) is 0. The molecule has 131 heavy (non-hydrogen) atoms. The van der Waals surface area contributed by atoms with Gasteiger partial charge in [0, 0.05) is 5.92 Å². The highest BCUT2D eigenvalue weighted by molar-refractivity contribution is 6.07. The van der Waals surface area contributed by atoms with E-state index in [0.717, 1.165) is 44.9 Å². The summed E-state index contributed by atoms with van der Waals surface area (Å²) in [6.07, 6.45) is 46.2. The standard InChI is InChI=1S/C15H14.C15H12.C14H12.C14H10.C14H12.C14H10.C13H10.C12H14.C12H10.C8H8/c2*1-3-7-14-11-15-8-4-2-6-13(15)10-9-12(14)5-1;2*1-3-7-13-11(5-1)9-10-12-6-2-4-8-14(12)13;2*1-2-6-12-10-14-8-4-3-7-13(14)9-11(12)5-1;1-3-7-12-10(5-1)9-11-6-2-4-8-13(11)12;2*1-3-9-7-11-5-2-6-12(11)8-10(9)4-1;1-3-7-5-2-6-8(7)4-1/h1-8H,9-11H2;1-10H,11H2;1-8H,9-10H2;1-10H;1-8H,9-10H2;1-10H;1-8H,9H2;7-8H,1-6H2;1-3,6-8H,4-5H2;1-5,7H,6H2. The summed E-state index contributed by atoms with van der Waals surface area (Å²) in [7, 11) is 0. The van der Waals surface area contributed by atoms with Crippen LogP contribution in [0.25, 0.3) is 89.6 Å². The van der Waals surface area contributed by atoms with Crippen molar-refractivity contribution in [2.75, 3.05) is 0 Å². The van der Waals surface area contributed by atoms with Crippen LogP contribution in [0.5, 0.6) is 0 Å². The Morgan fingerprint density at radius 3 is 0.870 bits per heavy atom. The van der Waals surface area contributed by atoms with Gasteiger partial charge in [-0.25, -0.2) is 0 Å². The van der Waals surface area contributed by atoms with Crippen molar-refractivity contribution >= 4 is 67.4 Å². The molecule has 0 saturated heterocycles. The van der Waals surface area contributed by atoms with E-state index in [1.165, 1.54) is 247 Å². The Hall–Kier alpha value is -14.6. The molecule has 1 atom stereocenters. The SMILES string of the molecule is C1=CC2C=CCC2=C1.C1=Cc2cc3c(cc2C1)C=CC3.C1=Cc2ccccc2Cc2ccccc21.c1c2c(cc3c1CCC3)CCC2.c1ccc2c(c1)CCc1ccccc1-2.c1ccc2c(c1)CCc1ccccc1C2.c1ccc2c(c1)Cc1ccccc1-2.c1ccc2c(c1)Cc1ccccc1C2.c1ccc2c(c1)ccc1ccccc12.c1ccc2cc3ccccc3cc2c1. The number of rotatable bonds is 0. The number of hydrogen-bond acceptors (Lipinski definition) is 0. The molecule has 0 heterocycles. The number of aryl methyl sites for hydroxylation is 8. The second kappa shape index (κ2) is 40.8. The van der Waals surface area contributed by atoms with Crippen LogP contribution in [0.15, 0.2) is 436 Å². The molecule has 0 aromatic heterocycles. The highest BCUT2D eigenvalue weighted by atomic mass is 14.3. The van der Waals surface area contributed by atoms with Crippen molar-refractivity contribution in [3.63, 3.8) is 0 Å². The van der Waals surface area contributed by atoms with E-state index in [1.54, 1.807) is 27.8 Å². The van der Waals surface area contributed by atoms with Crippen LogP contribution in [0, 0.1) is 5.92 Å². The van der Waals surface area contributed by atoms with E-state index in [2.05, 4.69) is 455 Å². The molecule has 0 spiro atoms. The van der Waals surface area contributed by atoms with Crippen molar-refractivity contribution in [2.24, 2.45) is 5.92 Å². The summed E-state index contributed by atoms with van der Waals surface area (Å²) in [4.78, 5) is 0. The maximum Gasteiger partial charge on any atom is 0.0166 e. The second-order valence-electron chi connectivity index (χ2n) is 36.2. The van der Waals surface area contributed by atoms with E-state index in [-0.39, 0.29) is 0 Å². The molecular formula is C131H112. The number of benzene rings is 18. The smallest absolute Gasteiger partial charge is 0.0166 e. The molecule has 1 unspecified atom stereocenters. The lowest BCUT2D eigenvalue weighted by molar-refractivity contribution is 0.897. The van der Waals surface area contributed by atoms with E-state index in [9.17, 15) is 0 Å². The summed E-state index contributed by atoms with van der Waals surface area (Å²) >= 11 is 0. The molecule has 18 aromatic carbocycles. The lowest BCUT2D eigenvalue weighted by Crippen LogP contribution is -2.06. The third kappa shape index (κ3) is 20.2. The van der Waals surface area contributed by atoms with Crippen LogP contribution in [0.4, 0.5) is 0 Å². The Kier molecular flexibility index (Phi) is 26.4. The molecular weight excluding hydrogens is 1570 g/mol. The Morgan fingerprint density at radius 2 is 0.473 bits per heavy atom. The van der Waals surface area contributed by atoms with Crippen LogP contribution >= 0.6 is 0 Å². The molecule has 11 aliphatic carbocycles. The largest absolute Gasteiger partial charge is 0.0835 e. The van der Waals surface area contributed by atoms with Crippen LogP contribution < -0.4 is 0 Å². The van der Waals surface area contributed by atoms with Gasteiger partial charge >= 0.3 is 0 Å². The van der Waals surface area contributed by atoms with Crippen LogP contribution in [-0.2, 0) is 96.3 Å². The molecule has 0 aliphatic heterocycles. The van der Waals surface area contributed by atoms with Gasteiger partial charge in [0.2, 0.25) is 0 Å². The first-order valence-electron chi connectivity index (χ1n) is 47.8. The van der Waals surface area contributed by atoms with E-state index in [1.807, 2.05) is 0 Å². The highest BCUT2D eigenvalue weighted by Crippen LogP contribution is 2.39. The molecule has 29 rings (SSSR count). The Balaban J connectivity index is 0.0000000911. The van der Waals surface area contributed by atoms with Gasteiger partial charge in [-0.1, -0.05) is 449 Å². The van der Waals surface area contributed by atoms with Crippen LogP contribution in [0.2, 0.25) is 0 Å². The van der Waals surface area contributed by atoms with Gasteiger partial charge in [0.05, 0.1) is 0 Å². The van der Waals surface area contributed by atoms with Crippen molar-refractivity contribution in [1.29, 1.82) is 0 Å².